The zero-order valence-electron chi connectivity index (χ0n) is 11.9. The molecule has 106 valence electrons. The summed E-state index contributed by atoms with van der Waals surface area (Å²) < 4.78 is 1.79. The van der Waals surface area contributed by atoms with Gasteiger partial charge in [-0.3, -0.25) is 9.48 Å². The maximum atomic E-state index is 12.2. The molecule has 1 heterocycles. The maximum Gasteiger partial charge on any atom is 0.240 e. The van der Waals surface area contributed by atoms with Crippen LogP contribution in [0.1, 0.15) is 50.3 Å². The van der Waals surface area contributed by atoms with Crippen LogP contribution in [0.5, 0.6) is 0 Å². The van der Waals surface area contributed by atoms with Crippen molar-refractivity contribution in [3.8, 4) is 0 Å². The van der Waals surface area contributed by atoms with Crippen molar-refractivity contribution in [2.45, 2.75) is 57.5 Å². The van der Waals surface area contributed by atoms with Crippen LogP contribution in [0, 0.1) is 0 Å². The number of nitrogens with two attached hydrogens (primary N) is 1. The molecule has 1 fully saturated rings. The monoisotopic (exact) mass is 264 g/mol. The van der Waals surface area contributed by atoms with Gasteiger partial charge in [-0.25, -0.2) is 0 Å². The number of carbonyl (C=O) groups excluding carboxylic acids is 1. The van der Waals surface area contributed by atoms with Gasteiger partial charge in [0.2, 0.25) is 5.91 Å². The number of aromatic nitrogens is 2. The van der Waals surface area contributed by atoms with Crippen LogP contribution in [-0.2, 0) is 24.8 Å². The second-order valence-corrected chi connectivity index (χ2v) is 5.53. The Morgan fingerprint density at radius 2 is 2.16 bits per heavy atom. The summed E-state index contributed by atoms with van der Waals surface area (Å²) in [6, 6.07) is 0. The van der Waals surface area contributed by atoms with E-state index in [9.17, 15) is 4.79 Å². The topological polar surface area (TPSA) is 72.9 Å². The fourth-order valence-electron chi connectivity index (χ4n) is 2.79. The standard InChI is InChI=1S/C14H24N4O/c1-3-12-11(10-18(2)17-12)9-16-13(19)14(15)7-5-4-6-8-14/h10H,3-9,15H2,1-2H3,(H,16,19). The number of aryl methyl sites for hydroxylation is 2. The first-order valence-corrected chi connectivity index (χ1v) is 7.14. The number of amides is 1. The third-order valence-corrected chi connectivity index (χ3v) is 3.96. The molecule has 5 nitrogen and oxygen atoms in total. The fraction of sp³-hybridized carbons (Fsp3) is 0.714. The number of hydrogen-bond acceptors (Lipinski definition) is 3. The Balaban J connectivity index is 1.96. The van der Waals surface area contributed by atoms with Crippen LogP contribution in [0.2, 0.25) is 0 Å². The van der Waals surface area contributed by atoms with Gasteiger partial charge in [0.15, 0.2) is 0 Å². The highest BCUT2D eigenvalue weighted by Gasteiger charge is 2.35. The van der Waals surface area contributed by atoms with E-state index < -0.39 is 5.54 Å². The zero-order chi connectivity index (χ0) is 13.9. The summed E-state index contributed by atoms with van der Waals surface area (Å²) in [5, 5.41) is 7.35. The molecule has 0 unspecified atom stereocenters. The van der Waals surface area contributed by atoms with Crippen molar-refractivity contribution in [3.05, 3.63) is 17.5 Å². The lowest BCUT2D eigenvalue weighted by molar-refractivity contribution is -0.127. The molecule has 1 aromatic heterocycles. The van der Waals surface area contributed by atoms with Crippen molar-refractivity contribution in [1.82, 2.24) is 15.1 Å². The predicted molar refractivity (Wildman–Crippen MR) is 74.4 cm³/mol. The van der Waals surface area contributed by atoms with E-state index in [2.05, 4.69) is 17.3 Å². The fourth-order valence-corrected chi connectivity index (χ4v) is 2.79. The Kier molecular flexibility index (Phi) is 4.24. The SMILES string of the molecule is CCc1nn(C)cc1CNC(=O)C1(N)CCCCC1. The Morgan fingerprint density at radius 3 is 2.79 bits per heavy atom. The van der Waals surface area contributed by atoms with Gasteiger partial charge in [-0.2, -0.15) is 5.10 Å². The molecule has 1 amide bonds. The maximum absolute atomic E-state index is 12.2. The van der Waals surface area contributed by atoms with E-state index in [1.807, 2.05) is 13.2 Å². The molecule has 1 aliphatic rings. The zero-order valence-corrected chi connectivity index (χ0v) is 11.9. The molecule has 0 aliphatic heterocycles. The van der Waals surface area contributed by atoms with E-state index in [1.165, 1.54) is 6.42 Å². The number of hydrogen-bond donors (Lipinski definition) is 2. The molecule has 1 aliphatic carbocycles. The normalized spacial score (nSPS) is 18.3. The summed E-state index contributed by atoms with van der Waals surface area (Å²) in [7, 11) is 1.90. The molecule has 1 saturated carbocycles. The van der Waals surface area contributed by atoms with E-state index in [1.54, 1.807) is 4.68 Å². The molecule has 0 spiro atoms. The summed E-state index contributed by atoms with van der Waals surface area (Å²) in [6.45, 7) is 2.59. The molecule has 2 rings (SSSR count). The van der Waals surface area contributed by atoms with E-state index in [4.69, 9.17) is 5.73 Å². The molecule has 0 bridgehead atoms. The number of nitrogens with zero attached hydrogens (tertiary/aromatic N) is 2. The lowest BCUT2D eigenvalue weighted by atomic mass is 9.82. The van der Waals surface area contributed by atoms with Gasteiger partial charge in [0.05, 0.1) is 11.2 Å². The number of nitrogens with one attached hydrogen (secondary N) is 1. The highest BCUT2D eigenvalue weighted by atomic mass is 16.2. The van der Waals surface area contributed by atoms with Gasteiger partial charge in [0.25, 0.3) is 0 Å². The molecule has 19 heavy (non-hydrogen) atoms. The highest BCUT2D eigenvalue weighted by molar-refractivity contribution is 5.86. The lowest BCUT2D eigenvalue weighted by Crippen LogP contribution is -2.54. The van der Waals surface area contributed by atoms with Crippen molar-refractivity contribution >= 4 is 5.91 Å². The van der Waals surface area contributed by atoms with E-state index in [0.717, 1.165) is 43.4 Å². The molecule has 5 heteroatoms. The van der Waals surface area contributed by atoms with Gasteiger partial charge < -0.3 is 11.1 Å². The van der Waals surface area contributed by atoms with Gasteiger partial charge >= 0.3 is 0 Å². The Hall–Kier alpha value is -1.36. The van der Waals surface area contributed by atoms with Crippen LogP contribution >= 0.6 is 0 Å². The van der Waals surface area contributed by atoms with Crippen molar-refractivity contribution in [3.63, 3.8) is 0 Å². The number of rotatable bonds is 4. The van der Waals surface area contributed by atoms with Crippen LogP contribution in [0.3, 0.4) is 0 Å². The average Bonchev–Trinajstić information content (AvgIpc) is 2.77. The van der Waals surface area contributed by atoms with Gasteiger partial charge in [0.1, 0.15) is 0 Å². The highest BCUT2D eigenvalue weighted by Crippen LogP contribution is 2.26. The van der Waals surface area contributed by atoms with Gasteiger partial charge in [0, 0.05) is 25.4 Å². The van der Waals surface area contributed by atoms with Crippen LogP contribution in [0.4, 0.5) is 0 Å². The predicted octanol–water partition coefficient (Wildman–Crippen LogP) is 1.26. The quantitative estimate of drug-likeness (QED) is 0.860. The molecule has 0 saturated heterocycles. The molecule has 0 atom stereocenters. The summed E-state index contributed by atoms with van der Waals surface area (Å²) in [5.41, 5.74) is 7.67. The average molecular weight is 264 g/mol. The first kappa shape index (κ1) is 14.1. The van der Waals surface area contributed by atoms with Crippen LogP contribution < -0.4 is 11.1 Å². The minimum absolute atomic E-state index is 0.0156. The molecule has 0 radical (unpaired) electrons. The van der Waals surface area contributed by atoms with Gasteiger partial charge in [-0.15, -0.1) is 0 Å². The largest absolute Gasteiger partial charge is 0.350 e. The number of carbonyl (C=O) groups is 1. The first-order valence-electron chi connectivity index (χ1n) is 7.14. The third-order valence-electron chi connectivity index (χ3n) is 3.96. The van der Waals surface area contributed by atoms with Crippen LogP contribution in [-0.4, -0.2) is 21.2 Å². The van der Waals surface area contributed by atoms with Crippen molar-refractivity contribution in [2.24, 2.45) is 12.8 Å². The smallest absolute Gasteiger partial charge is 0.240 e. The molecule has 3 N–H and O–H groups in total. The van der Waals surface area contributed by atoms with E-state index in [0.29, 0.717) is 6.54 Å². The summed E-state index contributed by atoms with van der Waals surface area (Å²) in [5.74, 6) is -0.0156. The molecule has 0 aromatic carbocycles. The minimum Gasteiger partial charge on any atom is -0.350 e. The van der Waals surface area contributed by atoms with Crippen LogP contribution in [0.15, 0.2) is 6.20 Å². The Bertz CT molecular complexity index is 446. The minimum atomic E-state index is -0.660. The van der Waals surface area contributed by atoms with Gasteiger partial charge in [-0.05, 0) is 19.3 Å². The Morgan fingerprint density at radius 1 is 1.47 bits per heavy atom. The van der Waals surface area contributed by atoms with Gasteiger partial charge in [-0.1, -0.05) is 26.2 Å². The van der Waals surface area contributed by atoms with Crippen molar-refractivity contribution in [2.75, 3.05) is 0 Å². The summed E-state index contributed by atoms with van der Waals surface area (Å²) in [4.78, 5) is 12.2. The Labute approximate surface area is 114 Å². The molecule has 1 aromatic rings. The first-order chi connectivity index (χ1) is 9.05. The second kappa shape index (κ2) is 5.74. The summed E-state index contributed by atoms with van der Waals surface area (Å²) >= 11 is 0. The lowest BCUT2D eigenvalue weighted by Gasteiger charge is -2.31. The van der Waals surface area contributed by atoms with Crippen molar-refractivity contribution < 1.29 is 4.79 Å². The third kappa shape index (κ3) is 3.15. The molecular weight excluding hydrogens is 240 g/mol. The summed E-state index contributed by atoms with van der Waals surface area (Å²) in [6.07, 6.45) is 7.73. The molecular formula is C14H24N4O. The van der Waals surface area contributed by atoms with E-state index >= 15 is 0 Å². The van der Waals surface area contributed by atoms with Crippen molar-refractivity contribution in [1.29, 1.82) is 0 Å². The van der Waals surface area contributed by atoms with E-state index in [-0.39, 0.29) is 5.91 Å². The van der Waals surface area contributed by atoms with Crippen LogP contribution in [0.25, 0.3) is 0 Å². The second-order valence-electron chi connectivity index (χ2n) is 5.53.